The smallest absolute Gasteiger partial charge is 0.167 e. The molecule has 6 nitrogen and oxygen atoms in total. The first-order valence-electron chi connectivity index (χ1n) is 21.1. The van der Waals surface area contributed by atoms with Gasteiger partial charge in [-0.15, -0.1) is 0 Å². The summed E-state index contributed by atoms with van der Waals surface area (Å²) in [7, 11) is 0. The van der Waals surface area contributed by atoms with E-state index in [1.54, 1.807) is 0 Å². The van der Waals surface area contributed by atoms with Gasteiger partial charge in [0.25, 0.3) is 0 Å². The van der Waals surface area contributed by atoms with E-state index in [4.69, 9.17) is 23.8 Å². The van der Waals surface area contributed by atoms with Crippen molar-refractivity contribution in [3.8, 4) is 62.1 Å². The molecule has 13 aromatic rings. The summed E-state index contributed by atoms with van der Waals surface area (Å²) >= 11 is 0. The van der Waals surface area contributed by atoms with Crippen molar-refractivity contribution in [3.05, 3.63) is 206 Å². The topological polar surface area (TPSA) is 69.9 Å². The summed E-state index contributed by atoms with van der Waals surface area (Å²) in [6, 6.07) is 71.7. The number of furan rings is 2. The lowest BCUT2D eigenvalue weighted by atomic mass is 9.98. The first-order valence-corrected chi connectivity index (χ1v) is 21.1. The lowest BCUT2D eigenvalue weighted by Gasteiger charge is -2.12. The normalized spacial score (nSPS) is 11.8. The van der Waals surface area contributed by atoms with Crippen molar-refractivity contribution in [1.82, 2.24) is 19.5 Å². The molecule has 294 valence electrons. The lowest BCUT2D eigenvalue weighted by molar-refractivity contribution is 0.669. The van der Waals surface area contributed by atoms with E-state index < -0.39 is 0 Å². The quantitative estimate of drug-likeness (QED) is 0.167. The zero-order chi connectivity index (χ0) is 41.4. The fourth-order valence-electron chi connectivity index (χ4n) is 9.31. The molecule has 0 fully saturated rings. The Balaban J connectivity index is 0.992. The number of nitrogens with zero attached hydrogens (tertiary/aromatic N) is 4. The third kappa shape index (κ3) is 5.69. The van der Waals surface area contributed by atoms with E-state index >= 15 is 0 Å². The summed E-state index contributed by atoms with van der Waals surface area (Å²) in [6.45, 7) is 0. The fourth-order valence-corrected chi connectivity index (χ4v) is 9.31. The molecule has 0 spiro atoms. The maximum atomic E-state index is 6.51. The predicted octanol–water partition coefficient (Wildman–Crippen LogP) is 15.1. The highest BCUT2D eigenvalue weighted by Crippen LogP contribution is 2.42. The van der Waals surface area contributed by atoms with Crippen LogP contribution in [0.1, 0.15) is 0 Å². The SMILES string of the molecule is c1ccc(-c2ccc3c(c2)c2cccc(-c4ccc5oc6ccc(-c7nc(-c8ccccc8)nc(-c8cccc9c8oc8ccccc89)n7)cc6c5c4)c2n3-c2ccccc2)cc1. The van der Waals surface area contributed by atoms with Gasteiger partial charge in [-0.3, -0.25) is 0 Å². The molecule has 63 heavy (non-hydrogen) atoms. The highest BCUT2D eigenvalue weighted by atomic mass is 16.3. The first-order chi connectivity index (χ1) is 31.2. The largest absolute Gasteiger partial charge is 0.456 e. The maximum absolute atomic E-state index is 6.51. The Bertz CT molecular complexity index is 3900. The number of rotatable bonds is 6. The van der Waals surface area contributed by atoms with Crippen LogP contribution in [0.25, 0.3) is 128 Å². The third-order valence-corrected chi connectivity index (χ3v) is 12.3. The summed E-state index contributed by atoms with van der Waals surface area (Å²) < 4.78 is 15.4. The number of fused-ring (bicyclic) bond motifs is 9. The minimum atomic E-state index is 0.542. The summed E-state index contributed by atoms with van der Waals surface area (Å²) in [6.07, 6.45) is 0. The zero-order valence-corrected chi connectivity index (χ0v) is 33.7. The Hall–Kier alpha value is -8.61. The number of hydrogen-bond donors (Lipinski definition) is 0. The second-order valence-corrected chi connectivity index (χ2v) is 15.9. The molecule has 9 aromatic carbocycles. The minimum Gasteiger partial charge on any atom is -0.456 e. The number of benzene rings is 9. The summed E-state index contributed by atoms with van der Waals surface area (Å²) in [5.74, 6) is 1.69. The van der Waals surface area contributed by atoms with E-state index in [0.29, 0.717) is 17.5 Å². The molecule has 0 bridgehead atoms. The van der Waals surface area contributed by atoms with Gasteiger partial charge in [0.05, 0.1) is 16.6 Å². The van der Waals surface area contributed by atoms with Gasteiger partial charge in [0.1, 0.15) is 22.3 Å². The van der Waals surface area contributed by atoms with Crippen molar-refractivity contribution in [2.24, 2.45) is 0 Å². The van der Waals surface area contributed by atoms with E-state index in [9.17, 15) is 0 Å². The maximum Gasteiger partial charge on any atom is 0.167 e. The Kier molecular flexibility index (Phi) is 7.80. The van der Waals surface area contributed by atoms with Crippen molar-refractivity contribution >= 4 is 65.7 Å². The van der Waals surface area contributed by atoms with Crippen LogP contribution in [-0.2, 0) is 0 Å². The van der Waals surface area contributed by atoms with Gasteiger partial charge in [-0.1, -0.05) is 140 Å². The molecule has 0 aliphatic rings. The van der Waals surface area contributed by atoms with Crippen LogP contribution >= 0.6 is 0 Å². The zero-order valence-electron chi connectivity index (χ0n) is 33.7. The van der Waals surface area contributed by atoms with Crippen LogP contribution in [0.5, 0.6) is 0 Å². The van der Waals surface area contributed by atoms with Gasteiger partial charge < -0.3 is 13.4 Å². The molecule has 0 N–H and O–H groups in total. The predicted molar refractivity (Wildman–Crippen MR) is 256 cm³/mol. The van der Waals surface area contributed by atoms with Gasteiger partial charge in [0, 0.05) is 54.7 Å². The van der Waals surface area contributed by atoms with Crippen LogP contribution in [0.15, 0.2) is 215 Å². The molecule has 13 rings (SSSR count). The molecular weight excluding hydrogens is 773 g/mol. The highest BCUT2D eigenvalue weighted by Gasteiger charge is 2.21. The summed E-state index contributed by atoms with van der Waals surface area (Å²) in [5.41, 5.74) is 13.8. The van der Waals surface area contributed by atoms with Gasteiger partial charge >= 0.3 is 0 Å². The Morgan fingerprint density at radius 2 is 0.873 bits per heavy atom. The molecule has 0 atom stereocenters. The second kappa shape index (κ2) is 14.0. The molecule has 0 radical (unpaired) electrons. The number of para-hydroxylation sites is 4. The summed E-state index contributed by atoms with van der Waals surface area (Å²) in [4.78, 5) is 15.3. The van der Waals surface area contributed by atoms with Crippen LogP contribution in [0, 0.1) is 0 Å². The van der Waals surface area contributed by atoms with E-state index in [-0.39, 0.29) is 0 Å². The summed E-state index contributed by atoms with van der Waals surface area (Å²) in [5, 5.41) is 6.47. The molecular formula is C57H34N4O2. The Morgan fingerprint density at radius 3 is 1.65 bits per heavy atom. The van der Waals surface area contributed by atoms with E-state index in [1.807, 2.05) is 72.8 Å². The number of hydrogen-bond acceptors (Lipinski definition) is 5. The van der Waals surface area contributed by atoms with E-state index in [0.717, 1.165) is 88.4 Å². The molecule has 6 heteroatoms. The van der Waals surface area contributed by atoms with E-state index in [1.165, 1.54) is 21.9 Å². The van der Waals surface area contributed by atoms with Gasteiger partial charge in [-0.25, -0.2) is 15.0 Å². The average molecular weight is 807 g/mol. The standard InChI is InChI=1S/C57H34N4O2/c1-4-14-35(15-5-1)37-26-29-49-46(32-37)43-22-12-21-41(53(43)61(49)40-18-8-3-9-19-40)38-27-30-51-47(33-38)48-34-39(28-31-52(48)62-51)56-58-55(36-16-6-2-7-17-36)59-57(60-56)45-24-13-23-44-42-20-10-11-25-50(42)63-54(44)45/h1-34H. The van der Waals surface area contributed by atoms with Gasteiger partial charge in [-0.2, -0.15) is 0 Å². The number of aromatic nitrogens is 4. The van der Waals surface area contributed by atoms with Crippen LogP contribution < -0.4 is 0 Å². The minimum absolute atomic E-state index is 0.542. The van der Waals surface area contributed by atoms with Crippen LogP contribution in [0.2, 0.25) is 0 Å². The van der Waals surface area contributed by atoms with Crippen molar-refractivity contribution in [2.45, 2.75) is 0 Å². The van der Waals surface area contributed by atoms with Gasteiger partial charge in [0.2, 0.25) is 0 Å². The van der Waals surface area contributed by atoms with Crippen LogP contribution in [0.4, 0.5) is 0 Å². The van der Waals surface area contributed by atoms with Crippen molar-refractivity contribution < 1.29 is 8.83 Å². The molecule has 0 amide bonds. The Morgan fingerprint density at radius 1 is 0.317 bits per heavy atom. The Labute approximate surface area is 361 Å². The molecule has 0 saturated carbocycles. The van der Waals surface area contributed by atoms with Gasteiger partial charge in [0.15, 0.2) is 17.5 Å². The highest BCUT2D eigenvalue weighted by molar-refractivity contribution is 6.16. The van der Waals surface area contributed by atoms with Gasteiger partial charge in [-0.05, 0) is 83.4 Å². The van der Waals surface area contributed by atoms with Crippen LogP contribution in [-0.4, -0.2) is 19.5 Å². The molecule has 0 aliphatic carbocycles. The first kappa shape index (κ1) is 35.2. The lowest BCUT2D eigenvalue weighted by Crippen LogP contribution is -2.00. The van der Waals surface area contributed by atoms with Crippen molar-refractivity contribution in [2.75, 3.05) is 0 Å². The fraction of sp³-hybridized carbons (Fsp3) is 0. The molecule has 4 aromatic heterocycles. The average Bonchev–Trinajstić information content (AvgIpc) is 4.03. The van der Waals surface area contributed by atoms with Crippen molar-refractivity contribution in [1.29, 1.82) is 0 Å². The molecule has 0 unspecified atom stereocenters. The van der Waals surface area contributed by atoms with Crippen molar-refractivity contribution in [3.63, 3.8) is 0 Å². The van der Waals surface area contributed by atoms with E-state index in [2.05, 4.69) is 138 Å². The third-order valence-electron chi connectivity index (χ3n) is 12.3. The molecule has 0 saturated heterocycles. The van der Waals surface area contributed by atoms with Crippen LogP contribution in [0.3, 0.4) is 0 Å². The monoisotopic (exact) mass is 806 g/mol. The molecule has 4 heterocycles. The molecule has 0 aliphatic heterocycles. The second-order valence-electron chi connectivity index (χ2n) is 15.9.